The van der Waals surface area contributed by atoms with Gasteiger partial charge in [0.2, 0.25) is 0 Å². The Morgan fingerprint density at radius 3 is 2.66 bits per heavy atom. The monoisotopic (exact) mass is 484 g/mol. The Hall–Kier alpha value is -3.53. The lowest BCUT2D eigenvalue weighted by molar-refractivity contribution is -0.141. The molecule has 7 nitrogen and oxygen atoms in total. The normalized spacial score (nSPS) is 11.9. The van der Waals surface area contributed by atoms with E-state index in [-0.39, 0.29) is 11.3 Å². The third kappa shape index (κ3) is 4.97. The van der Waals surface area contributed by atoms with Crippen LogP contribution in [0.1, 0.15) is 53.1 Å². The van der Waals surface area contributed by atoms with Crippen molar-refractivity contribution in [1.82, 2.24) is 29.5 Å². The Bertz CT molecular complexity index is 1360. The number of rotatable bonds is 9. The molecule has 0 saturated carbocycles. The van der Waals surface area contributed by atoms with Crippen molar-refractivity contribution in [2.75, 3.05) is 13.6 Å². The number of hydrogen-bond donors (Lipinski definition) is 1. The van der Waals surface area contributed by atoms with Gasteiger partial charge in [-0.15, -0.1) is 0 Å². The highest BCUT2D eigenvalue weighted by atomic mass is 19.4. The van der Waals surface area contributed by atoms with E-state index in [1.54, 1.807) is 23.8 Å². The number of likely N-dealkylation sites (N-methyl/N-ethyl adjacent to an activating group) is 1. The molecule has 0 aliphatic carbocycles. The number of nitrogens with zero attached hydrogens (tertiary/aromatic N) is 5. The maximum Gasteiger partial charge on any atom is 0.435 e. The number of carbonyl (C=O) groups excluding carboxylic acids is 1. The predicted molar refractivity (Wildman–Crippen MR) is 126 cm³/mol. The van der Waals surface area contributed by atoms with Crippen molar-refractivity contribution in [3.8, 4) is 11.3 Å². The first-order chi connectivity index (χ1) is 16.8. The highest BCUT2D eigenvalue weighted by molar-refractivity contribution is 5.97. The number of ketones is 1. The minimum atomic E-state index is -4.60. The molecule has 0 aliphatic heterocycles. The van der Waals surface area contributed by atoms with E-state index in [1.165, 1.54) is 17.1 Å². The van der Waals surface area contributed by atoms with Crippen LogP contribution < -0.4 is 5.32 Å². The van der Waals surface area contributed by atoms with Crippen molar-refractivity contribution in [3.05, 3.63) is 71.1 Å². The largest absolute Gasteiger partial charge is 0.435 e. The molecule has 35 heavy (non-hydrogen) atoms. The van der Waals surface area contributed by atoms with Gasteiger partial charge in [0.1, 0.15) is 0 Å². The molecular weight excluding hydrogens is 457 g/mol. The van der Waals surface area contributed by atoms with Crippen LogP contribution in [0.2, 0.25) is 0 Å². The molecule has 0 unspecified atom stereocenters. The van der Waals surface area contributed by atoms with Crippen LogP contribution in [0.3, 0.4) is 0 Å². The summed E-state index contributed by atoms with van der Waals surface area (Å²) in [5.74, 6) is 0.0993. The molecule has 0 amide bonds. The van der Waals surface area contributed by atoms with Gasteiger partial charge in [-0.05, 0) is 24.6 Å². The number of halogens is 3. The standard InChI is InChI=1S/C25H27F3N6O/c1-4-17-12-16(6-7-18(17)22(35)5-2)13-20-24-31-14-21(34(24)11-9-30-20)19-15-33(10-8-29-3)32-23(19)25(26,27)28/h6-7,9,11-12,14-15,29H,4-5,8,10,13H2,1-3H3. The summed E-state index contributed by atoms with van der Waals surface area (Å²) in [6, 6.07) is 5.72. The number of carbonyl (C=O) groups is 1. The Morgan fingerprint density at radius 2 is 1.97 bits per heavy atom. The van der Waals surface area contributed by atoms with Crippen molar-refractivity contribution >= 4 is 11.4 Å². The number of aromatic nitrogens is 5. The van der Waals surface area contributed by atoms with E-state index in [0.29, 0.717) is 43.0 Å². The number of nitrogens with one attached hydrogen (secondary N) is 1. The number of aryl methyl sites for hydroxylation is 1. The van der Waals surface area contributed by atoms with Crippen molar-refractivity contribution in [1.29, 1.82) is 0 Å². The third-order valence-corrected chi connectivity index (χ3v) is 5.94. The highest BCUT2D eigenvalue weighted by Crippen LogP contribution is 2.36. The fraction of sp³-hybridized carbons (Fsp3) is 0.360. The summed E-state index contributed by atoms with van der Waals surface area (Å²) < 4.78 is 44.2. The maximum atomic E-state index is 13.8. The molecule has 3 aromatic heterocycles. The summed E-state index contributed by atoms with van der Waals surface area (Å²) in [5, 5.41) is 6.70. The van der Waals surface area contributed by atoms with Crippen molar-refractivity contribution < 1.29 is 18.0 Å². The average Bonchev–Trinajstić information content (AvgIpc) is 3.47. The van der Waals surface area contributed by atoms with Gasteiger partial charge in [0.15, 0.2) is 17.1 Å². The Balaban J connectivity index is 1.73. The molecule has 0 fully saturated rings. The molecule has 0 saturated heterocycles. The molecule has 0 aliphatic rings. The van der Waals surface area contributed by atoms with E-state index in [9.17, 15) is 18.0 Å². The predicted octanol–water partition coefficient (Wildman–Crippen LogP) is 4.58. The zero-order chi connectivity index (χ0) is 25.2. The topological polar surface area (TPSA) is 77.1 Å². The minimum Gasteiger partial charge on any atom is -0.318 e. The molecule has 10 heteroatoms. The van der Waals surface area contributed by atoms with Gasteiger partial charge in [-0.1, -0.05) is 32.0 Å². The Morgan fingerprint density at radius 1 is 1.17 bits per heavy atom. The molecule has 0 bridgehead atoms. The number of hydrogen-bond acceptors (Lipinski definition) is 5. The van der Waals surface area contributed by atoms with E-state index in [0.717, 1.165) is 23.1 Å². The minimum absolute atomic E-state index is 0.0334. The summed E-state index contributed by atoms with van der Waals surface area (Å²) >= 11 is 0. The summed E-state index contributed by atoms with van der Waals surface area (Å²) in [5.41, 5.74) is 3.07. The lowest BCUT2D eigenvalue weighted by Gasteiger charge is -2.10. The molecule has 0 spiro atoms. The first kappa shape index (κ1) is 24.6. The zero-order valence-corrected chi connectivity index (χ0v) is 19.9. The molecule has 3 heterocycles. The molecular formula is C25H27F3N6O. The smallest absolute Gasteiger partial charge is 0.318 e. The van der Waals surface area contributed by atoms with Crippen LogP contribution in [0, 0.1) is 0 Å². The molecule has 1 N–H and O–H groups in total. The number of imidazole rings is 1. The van der Waals surface area contributed by atoms with Gasteiger partial charge in [-0.2, -0.15) is 18.3 Å². The lowest BCUT2D eigenvalue weighted by atomic mass is 9.96. The lowest BCUT2D eigenvalue weighted by Crippen LogP contribution is -2.16. The van der Waals surface area contributed by atoms with Crippen LogP contribution in [0.4, 0.5) is 13.2 Å². The van der Waals surface area contributed by atoms with E-state index in [1.807, 2.05) is 32.0 Å². The van der Waals surface area contributed by atoms with E-state index in [4.69, 9.17) is 0 Å². The van der Waals surface area contributed by atoms with Gasteiger partial charge in [0.25, 0.3) is 0 Å². The van der Waals surface area contributed by atoms with Gasteiger partial charge < -0.3 is 5.32 Å². The van der Waals surface area contributed by atoms with Gasteiger partial charge in [0.05, 0.1) is 29.7 Å². The van der Waals surface area contributed by atoms with Crippen LogP contribution in [0.25, 0.3) is 16.9 Å². The van der Waals surface area contributed by atoms with Crippen LogP contribution in [0.5, 0.6) is 0 Å². The molecule has 1 aromatic carbocycles. The van der Waals surface area contributed by atoms with E-state index >= 15 is 0 Å². The van der Waals surface area contributed by atoms with Crippen LogP contribution >= 0.6 is 0 Å². The van der Waals surface area contributed by atoms with E-state index < -0.39 is 11.9 Å². The fourth-order valence-corrected chi connectivity index (χ4v) is 4.16. The quantitative estimate of drug-likeness (QED) is 0.352. The molecule has 4 rings (SSSR count). The molecule has 0 atom stereocenters. The van der Waals surface area contributed by atoms with Crippen LogP contribution in [-0.2, 0) is 25.6 Å². The summed E-state index contributed by atoms with van der Waals surface area (Å²) in [6.07, 6.45) is 2.98. The average molecular weight is 485 g/mol. The SMILES string of the molecule is CCC(=O)c1ccc(Cc2nccn3c(-c4cn(CCNC)nc4C(F)(F)F)cnc23)cc1CC. The Kier molecular flexibility index (Phi) is 7.02. The third-order valence-electron chi connectivity index (χ3n) is 5.94. The summed E-state index contributed by atoms with van der Waals surface area (Å²) in [6.45, 7) is 4.63. The Labute approximate surface area is 201 Å². The second-order valence-electron chi connectivity index (χ2n) is 8.27. The second-order valence-corrected chi connectivity index (χ2v) is 8.27. The van der Waals surface area contributed by atoms with Gasteiger partial charge >= 0.3 is 6.18 Å². The van der Waals surface area contributed by atoms with Crippen LogP contribution in [0.15, 0.2) is 43.0 Å². The molecule has 4 aromatic rings. The van der Waals surface area contributed by atoms with E-state index in [2.05, 4.69) is 20.4 Å². The van der Waals surface area contributed by atoms with Gasteiger partial charge in [-0.25, -0.2) is 4.98 Å². The number of fused-ring (bicyclic) bond motifs is 1. The van der Waals surface area contributed by atoms with Crippen LogP contribution in [-0.4, -0.2) is 43.5 Å². The summed E-state index contributed by atoms with van der Waals surface area (Å²) in [4.78, 5) is 21.1. The number of alkyl halides is 3. The second kappa shape index (κ2) is 9.99. The number of Topliss-reactive ketones (excluding diaryl/α,β-unsaturated/α-hetero) is 1. The summed E-state index contributed by atoms with van der Waals surface area (Å²) in [7, 11) is 1.73. The highest BCUT2D eigenvalue weighted by Gasteiger charge is 2.38. The molecule has 0 radical (unpaired) electrons. The molecule has 184 valence electrons. The first-order valence-electron chi connectivity index (χ1n) is 11.5. The van der Waals surface area contributed by atoms with Crippen molar-refractivity contribution in [2.45, 2.75) is 45.8 Å². The fourth-order valence-electron chi connectivity index (χ4n) is 4.16. The maximum absolute atomic E-state index is 13.8. The van der Waals surface area contributed by atoms with Gasteiger partial charge in [-0.3, -0.25) is 18.9 Å². The van der Waals surface area contributed by atoms with Crippen molar-refractivity contribution in [2.24, 2.45) is 0 Å². The zero-order valence-electron chi connectivity index (χ0n) is 19.9. The van der Waals surface area contributed by atoms with Gasteiger partial charge in [0, 0.05) is 43.5 Å². The van der Waals surface area contributed by atoms with Crippen molar-refractivity contribution in [3.63, 3.8) is 0 Å². The first-order valence-corrected chi connectivity index (χ1v) is 11.5. The number of benzene rings is 1.